The van der Waals surface area contributed by atoms with E-state index in [0.29, 0.717) is 17.1 Å². The summed E-state index contributed by atoms with van der Waals surface area (Å²) >= 11 is 0. The fraction of sp³-hybridized carbons (Fsp3) is 0.222. The monoisotopic (exact) mass is 392 g/mol. The summed E-state index contributed by atoms with van der Waals surface area (Å²) in [7, 11) is -0.994. The molecule has 1 amide bonds. The van der Waals surface area contributed by atoms with Crippen molar-refractivity contribution in [3.8, 4) is 5.75 Å². The molecule has 0 bridgehead atoms. The van der Waals surface area contributed by atoms with Gasteiger partial charge in [0.15, 0.2) is 0 Å². The van der Waals surface area contributed by atoms with Gasteiger partial charge in [-0.1, -0.05) is 12.1 Å². The number of carbonyl (C=O) groups is 2. The standard InChI is InChI=1S/C18H20N2O6S/c1-25-16-9-5-8-15(11-16)20(27(3,23)24)12-17(21)19-14-7-4-6-13(10-14)18(22)26-2/h4-11H,12H2,1-3H3,(H,19,21). The van der Waals surface area contributed by atoms with Crippen LogP contribution in [0.3, 0.4) is 0 Å². The van der Waals surface area contributed by atoms with Gasteiger partial charge in [0.1, 0.15) is 12.3 Å². The van der Waals surface area contributed by atoms with Crippen LogP contribution in [0.25, 0.3) is 0 Å². The lowest BCUT2D eigenvalue weighted by atomic mass is 10.2. The Kier molecular flexibility index (Phi) is 6.40. The van der Waals surface area contributed by atoms with E-state index in [2.05, 4.69) is 10.1 Å². The summed E-state index contributed by atoms with van der Waals surface area (Å²) in [5, 5.41) is 2.58. The van der Waals surface area contributed by atoms with Crippen molar-refractivity contribution in [1.82, 2.24) is 0 Å². The van der Waals surface area contributed by atoms with Gasteiger partial charge < -0.3 is 14.8 Å². The second-order valence-corrected chi connectivity index (χ2v) is 7.50. The number of sulfonamides is 1. The number of amides is 1. The first kappa shape index (κ1) is 20.2. The number of esters is 1. The third kappa shape index (κ3) is 5.45. The molecule has 2 aromatic carbocycles. The van der Waals surface area contributed by atoms with Gasteiger partial charge in [-0.05, 0) is 30.3 Å². The minimum Gasteiger partial charge on any atom is -0.497 e. The van der Waals surface area contributed by atoms with Crippen molar-refractivity contribution in [3.63, 3.8) is 0 Å². The summed E-state index contributed by atoms with van der Waals surface area (Å²) in [6, 6.07) is 12.5. The van der Waals surface area contributed by atoms with E-state index in [0.717, 1.165) is 10.6 Å². The molecule has 0 aliphatic rings. The minimum atomic E-state index is -3.71. The molecular weight excluding hydrogens is 372 g/mol. The lowest BCUT2D eigenvalue weighted by Crippen LogP contribution is -2.37. The molecule has 0 unspecified atom stereocenters. The van der Waals surface area contributed by atoms with Crippen molar-refractivity contribution in [2.75, 3.05) is 36.6 Å². The van der Waals surface area contributed by atoms with Crippen molar-refractivity contribution < 1.29 is 27.5 Å². The first-order valence-electron chi connectivity index (χ1n) is 7.84. The van der Waals surface area contributed by atoms with Crippen LogP contribution in [0.1, 0.15) is 10.4 Å². The molecule has 0 radical (unpaired) electrons. The van der Waals surface area contributed by atoms with Crippen LogP contribution in [0.4, 0.5) is 11.4 Å². The topological polar surface area (TPSA) is 102 Å². The first-order valence-corrected chi connectivity index (χ1v) is 9.69. The predicted octanol–water partition coefficient (Wildman–Crippen LogP) is 1.89. The molecule has 8 nitrogen and oxygen atoms in total. The van der Waals surface area contributed by atoms with Crippen LogP contribution < -0.4 is 14.4 Å². The summed E-state index contributed by atoms with van der Waals surface area (Å²) in [6.07, 6.45) is 1.01. The molecule has 0 saturated heterocycles. The van der Waals surface area contributed by atoms with Crippen molar-refractivity contribution in [2.45, 2.75) is 0 Å². The van der Waals surface area contributed by atoms with E-state index in [4.69, 9.17) is 4.74 Å². The quantitative estimate of drug-likeness (QED) is 0.722. The zero-order valence-corrected chi connectivity index (χ0v) is 15.9. The van der Waals surface area contributed by atoms with Crippen molar-refractivity contribution in [1.29, 1.82) is 0 Å². The predicted molar refractivity (Wildman–Crippen MR) is 102 cm³/mol. The smallest absolute Gasteiger partial charge is 0.337 e. The minimum absolute atomic E-state index is 0.267. The van der Waals surface area contributed by atoms with Gasteiger partial charge in [-0.2, -0.15) is 0 Å². The summed E-state index contributed by atoms with van der Waals surface area (Å²) < 4.78 is 35.0. The van der Waals surface area contributed by atoms with Crippen LogP contribution in [0.5, 0.6) is 5.75 Å². The fourth-order valence-corrected chi connectivity index (χ4v) is 3.19. The molecule has 1 N–H and O–H groups in total. The maximum Gasteiger partial charge on any atom is 0.337 e. The van der Waals surface area contributed by atoms with Crippen molar-refractivity contribution in [2.24, 2.45) is 0 Å². The van der Waals surface area contributed by atoms with E-state index < -0.39 is 28.4 Å². The number of benzene rings is 2. The normalized spacial score (nSPS) is 10.8. The molecule has 2 rings (SSSR count). The highest BCUT2D eigenvalue weighted by molar-refractivity contribution is 7.92. The molecule has 2 aromatic rings. The Hall–Kier alpha value is -3.07. The van der Waals surface area contributed by atoms with Gasteiger partial charge in [0, 0.05) is 11.8 Å². The molecule has 0 saturated carbocycles. The maximum absolute atomic E-state index is 12.4. The van der Waals surface area contributed by atoms with Crippen LogP contribution in [-0.4, -0.2) is 47.3 Å². The SMILES string of the molecule is COC(=O)c1cccc(NC(=O)CN(c2cccc(OC)c2)S(C)(=O)=O)c1. The Morgan fingerprint density at radius 3 is 2.41 bits per heavy atom. The zero-order valence-electron chi connectivity index (χ0n) is 15.1. The summed E-state index contributed by atoms with van der Waals surface area (Å²) in [4.78, 5) is 24.0. The van der Waals surface area contributed by atoms with E-state index in [1.54, 1.807) is 36.4 Å². The number of carbonyl (C=O) groups excluding carboxylic acids is 2. The Balaban J connectivity index is 2.21. The van der Waals surface area contributed by atoms with Crippen LogP contribution in [-0.2, 0) is 19.6 Å². The molecule has 144 valence electrons. The molecule has 0 aliphatic heterocycles. The number of ether oxygens (including phenoxy) is 2. The molecule has 0 spiro atoms. The van der Waals surface area contributed by atoms with Gasteiger partial charge >= 0.3 is 5.97 Å². The second-order valence-electron chi connectivity index (χ2n) is 5.59. The highest BCUT2D eigenvalue weighted by atomic mass is 32.2. The molecule has 0 aliphatic carbocycles. The lowest BCUT2D eigenvalue weighted by molar-refractivity contribution is -0.114. The van der Waals surface area contributed by atoms with Crippen molar-refractivity contribution >= 4 is 33.3 Å². The number of nitrogens with one attached hydrogen (secondary N) is 1. The van der Waals surface area contributed by atoms with Gasteiger partial charge in [0.2, 0.25) is 15.9 Å². The average Bonchev–Trinajstić information content (AvgIpc) is 2.64. The Morgan fingerprint density at radius 2 is 1.78 bits per heavy atom. The van der Waals surface area contributed by atoms with E-state index >= 15 is 0 Å². The average molecular weight is 392 g/mol. The van der Waals surface area contributed by atoms with Gasteiger partial charge in [0.25, 0.3) is 0 Å². The second kappa shape index (κ2) is 8.54. The number of nitrogens with zero attached hydrogens (tertiary/aromatic N) is 1. The highest BCUT2D eigenvalue weighted by Gasteiger charge is 2.21. The molecule has 27 heavy (non-hydrogen) atoms. The van der Waals surface area contributed by atoms with Gasteiger partial charge in [-0.25, -0.2) is 13.2 Å². The van der Waals surface area contributed by atoms with Gasteiger partial charge in [0.05, 0.1) is 31.7 Å². The largest absolute Gasteiger partial charge is 0.497 e. The summed E-state index contributed by atoms with van der Waals surface area (Å²) in [5.41, 5.74) is 0.917. The third-order valence-corrected chi connectivity index (χ3v) is 4.74. The molecule has 0 atom stereocenters. The van der Waals surface area contributed by atoms with Gasteiger partial charge in [-0.15, -0.1) is 0 Å². The highest BCUT2D eigenvalue weighted by Crippen LogP contribution is 2.23. The number of anilines is 2. The van der Waals surface area contributed by atoms with E-state index in [-0.39, 0.29) is 5.56 Å². The number of hydrogen-bond donors (Lipinski definition) is 1. The molecule has 0 fully saturated rings. The Bertz CT molecular complexity index is 942. The van der Waals surface area contributed by atoms with Crippen molar-refractivity contribution in [3.05, 3.63) is 54.1 Å². The van der Waals surface area contributed by atoms with Crippen LogP contribution in [0, 0.1) is 0 Å². The number of hydrogen-bond acceptors (Lipinski definition) is 6. The fourth-order valence-electron chi connectivity index (χ4n) is 2.34. The van der Waals surface area contributed by atoms with E-state index in [9.17, 15) is 18.0 Å². The molecular formula is C18H20N2O6S. The summed E-state index contributed by atoms with van der Waals surface area (Å²) in [6.45, 7) is -0.436. The molecule has 9 heteroatoms. The molecule has 0 aromatic heterocycles. The lowest BCUT2D eigenvalue weighted by Gasteiger charge is -2.22. The van der Waals surface area contributed by atoms with Crippen LogP contribution in [0.15, 0.2) is 48.5 Å². The Labute approximate surface area is 157 Å². The molecule has 0 heterocycles. The van der Waals surface area contributed by atoms with Crippen LogP contribution in [0.2, 0.25) is 0 Å². The third-order valence-electron chi connectivity index (χ3n) is 3.60. The first-order chi connectivity index (χ1) is 12.7. The van der Waals surface area contributed by atoms with Gasteiger partial charge in [-0.3, -0.25) is 9.10 Å². The maximum atomic E-state index is 12.4. The van der Waals surface area contributed by atoms with E-state index in [1.165, 1.54) is 26.4 Å². The summed E-state index contributed by atoms with van der Waals surface area (Å²) in [5.74, 6) is -0.641. The Morgan fingerprint density at radius 1 is 1.07 bits per heavy atom. The van der Waals surface area contributed by atoms with Crippen LogP contribution >= 0.6 is 0 Å². The number of methoxy groups -OCH3 is 2. The zero-order chi connectivity index (χ0) is 20.0. The number of rotatable bonds is 7. The van der Waals surface area contributed by atoms with E-state index in [1.807, 2.05) is 0 Å².